The first-order valence-electron chi connectivity index (χ1n) is 8.03. The normalized spacial score (nSPS) is 32.9. The van der Waals surface area contributed by atoms with Crippen molar-refractivity contribution >= 4 is 5.69 Å². The van der Waals surface area contributed by atoms with Crippen molar-refractivity contribution in [3.8, 4) is 0 Å². The van der Waals surface area contributed by atoms with Crippen LogP contribution in [-0.2, 0) is 15.9 Å². The lowest BCUT2D eigenvalue weighted by molar-refractivity contribution is -0.117. The van der Waals surface area contributed by atoms with Crippen molar-refractivity contribution in [1.82, 2.24) is 0 Å². The highest BCUT2D eigenvalue weighted by Gasteiger charge is 2.43. The average Bonchev–Trinajstić information content (AvgIpc) is 3.15. The molecule has 3 aliphatic rings. The van der Waals surface area contributed by atoms with Crippen molar-refractivity contribution in [1.29, 1.82) is 0 Å². The standard InChI is InChI=1S/C17H23NO3/c19-16(14-3-1-2-12-4-7-18-15(12)14)13-5-8-21-17(10-13)6-9-20-11-17/h1-3,13,16,18-19H,4-11H2. The van der Waals surface area contributed by atoms with Gasteiger partial charge in [0, 0.05) is 37.4 Å². The zero-order chi connectivity index (χ0) is 14.3. The van der Waals surface area contributed by atoms with Gasteiger partial charge in [-0.3, -0.25) is 0 Å². The Kier molecular flexibility index (Phi) is 3.40. The van der Waals surface area contributed by atoms with Crippen LogP contribution in [0.1, 0.15) is 36.5 Å². The fraction of sp³-hybridized carbons (Fsp3) is 0.647. The fourth-order valence-corrected chi connectivity index (χ4v) is 4.06. The molecule has 1 aromatic carbocycles. The van der Waals surface area contributed by atoms with E-state index in [1.807, 2.05) is 0 Å². The molecular formula is C17H23NO3. The van der Waals surface area contributed by atoms with E-state index in [1.54, 1.807) is 0 Å². The van der Waals surface area contributed by atoms with Gasteiger partial charge in [-0.05, 0) is 30.7 Å². The Balaban J connectivity index is 1.57. The average molecular weight is 289 g/mol. The van der Waals surface area contributed by atoms with Gasteiger partial charge in [-0.25, -0.2) is 0 Å². The Morgan fingerprint density at radius 3 is 3.14 bits per heavy atom. The SMILES string of the molecule is OC(c1cccc2c1NCC2)C1CCOC2(CCOC2)C1. The molecule has 3 unspecified atom stereocenters. The number of benzene rings is 1. The maximum Gasteiger partial charge on any atom is 0.0940 e. The minimum absolute atomic E-state index is 0.144. The number of rotatable bonds is 2. The van der Waals surface area contributed by atoms with Crippen molar-refractivity contribution in [2.24, 2.45) is 5.92 Å². The van der Waals surface area contributed by atoms with Gasteiger partial charge in [0.05, 0.1) is 18.3 Å². The third-order valence-corrected chi connectivity index (χ3v) is 5.24. The molecule has 21 heavy (non-hydrogen) atoms. The second-order valence-corrected chi connectivity index (χ2v) is 6.59. The summed E-state index contributed by atoms with van der Waals surface area (Å²) >= 11 is 0. The second kappa shape index (κ2) is 5.27. The van der Waals surface area contributed by atoms with Crippen LogP contribution in [0.15, 0.2) is 18.2 Å². The molecular weight excluding hydrogens is 266 g/mol. The number of nitrogens with one attached hydrogen (secondary N) is 1. The predicted octanol–water partition coefficient (Wildman–Crippen LogP) is 2.27. The maximum atomic E-state index is 10.9. The van der Waals surface area contributed by atoms with E-state index in [4.69, 9.17) is 9.47 Å². The summed E-state index contributed by atoms with van der Waals surface area (Å²) in [6.07, 6.45) is 3.43. The zero-order valence-electron chi connectivity index (χ0n) is 12.3. The highest BCUT2D eigenvalue weighted by atomic mass is 16.6. The highest BCUT2D eigenvalue weighted by molar-refractivity contribution is 5.62. The van der Waals surface area contributed by atoms with E-state index < -0.39 is 6.10 Å². The van der Waals surface area contributed by atoms with E-state index in [-0.39, 0.29) is 11.5 Å². The molecule has 0 amide bonds. The van der Waals surface area contributed by atoms with Crippen LogP contribution in [0, 0.1) is 5.92 Å². The first kappa shape index (κ1) is 13.6. The van der Waals surface area contributed by atoms with Crippen molar-refractivity contribution < 1.29 is 14.6 Å². The van der Waals surface area contributed by atoms with Crippen LogP contribution >= 0.6 is 0 Å². The molecule has 0 radical (unpaired) electrons. The number of para-hydroxylation sites is 1. The van der Waals surface area contributed by atoms with Gasteiger partial charge in [0.15, 0.2) is 0 Å². The topological polar surface area (TPSA) is 50.7 Å². The van der Waals surface area contributed by atoms with E-state index in [9.17, 15) is 5.11 Å². The Hall–Kier alpha value is -1.10. The van der Waals surface area contributed by atoms with Gasteiger partial charge in [-0.2, -0.15) is 0 Å². The van der Waals surface area contributed by atoms with Crippen molar-refractivity contribution in [3.63, 3.8) is 0 Å². The van der Waals surface area contributed by atoms with Gasteiger partial charge < -0.3 is 19.9 Å². The van der Waals surface area contributed by atoms with Crippen LogP contribution < -0.4 is 5.32 Å². The largest absolute Gasteiger partial charge is 0.388 e. The lowest BCUT2D eigenvalue weighted by atomic mass is 9.80. The van der Waals surface area contributed by atoms with Gasteiger partial charge in [0.25, 0.3) is 0 Å². The summed E-state index contributed by atoms with van der Waals surface area (Å²) in [6.45, 7) is 3.17. The summed E-state index contributed by atoms with van der Waals surface area (Å²) < 4.78 is 11.5. The minimum Gasteiger partial charge on any atom is -0.388 e. The molecule has 2 N–H and O–H groups in total. The van der Waals surface area contributed by atoms with Crippen LogP contribution in [0.3, 0.4) is 0 Å². The molecule has 3 heterocycles. The molecule has 0 bridgehead atoms. The third kappa shape index (κ3) is 2.35. The number of ether oxygens (including phenoxy) is 2. The van der Waals surface area contributed by atoms with E-state index >= 15 is 0 Å². The van der Waals surface area contributed by atoms with Crippen LogP contribution in [0.5, 0.6) is 0 Å². The molecule has 1 aromatic rings. The monoisotopic (exact) mass is 289 g/mol. The molecule has 2 fully saturated rings. The molecule has 2 saturated heterocycles. The Morgan fingerprint density at radius 2 is 2.29 bits per heavy atom. The smallest absolute Gasteiger partial charge is 0.0940 e. The van der Waals surface area contributed by atoms with E-state index in [0.29, 0.717) is 6.61 Å². The van der Waals surface area contributed by atoms with Gasteiger partial charge in [0.2, 0.25) is 0 Å². The number of hydrogen-bond acceptors (Lipinski definition) is 4. The number of aliphatic hydroxyl groups is 1. The van der Waals surface area contributed by atoms with Crippen LogP contribution in [0.25, 0.3) is 0 Å². The van der Waals surface area contributed by atoms with Gasteiger partial charge in [0.1, 0.15) is 0 Å². The summed E-state index contributed by atoms with van der Waals surface area (Å²) in [5.41, 5.74) is 3.41. The Labute approximate surface area is 125 Å². The molecule has 0 aromatic heterocycles. The highest BCUT2D eigenvalue weighted by Crippen LogP contribution is 2.43. The van der Waals surface area contributed by atoms with Crippen LogP contribution in [-0.4, -0.2) is 37.1 Å². The zero-order valence-corrected chi connectivity index (χ0v) is 12.3. The van der Waals surface area contributed by atoms with Gasteiger partial charge in [-0.1, -0.05) is 18.2 Å². The van der Waals surface area contributed by atoms with E-state index in [1.165, 1.54) is 5.56 Å². The lowest BCUT2D eigenvalue weighted by Crippen LogP contribution is -2.41. The van der Waals surface area contributed by atoms with Crippen LogP contribution in [0.2, 0.25) is 0 Å². The molecule has 3 aliphatic heterocycles. The maximum absolute atomic E-state index is 10.9. The van der Waals surface area contributed by atoms with Crippen molar-refractivity contribution in [3.05, 3.63) is 29.3 Å². The quantitative estimate of drug-likeness (QED) is 0.877. The first-order chi connectivity index (χ1) is 10.3. The molecule has 114 valence electrons. The van der Waals surface area contributed by atoms with Crippen LogP contribution in [0.4, 0.5) is 5.69 Å². The second-order valence-electron chi connectivity index (χ2n) is 6.59. The third-order valence-electron chi connectivity index (χ3n) is 5.24. The minimum atomic E-state index is -0.410. The van der Waals surface area contributed by atoms with E-state index in [2.05, 4.69) is 23.5 Å². The number of fused-ring (bicyclic) bond motifs is 1. The molecule has 0 aliphatic carbocycles. The van der Waals surface area contributed by atoms with Gasteiger partial charge in [-0.15, -0.1) is 0 Å². The first-order valence-corrected chi connectivity index (χ1v) is 8.03. The summed E-state index contributed by atoms with van der Waals surface area (Å²) in [4.78, 5) is 0. The summed E-state index contributed by atoms with van der Waals surface area (Å²) in [5, 5.41) is 14.4. The lowest BCUT2D eigenvalue weighted by Gasteiger charge is -2.39. The molecule has 4 heteroatoms. The number of anilines is 1. The molecule has 3 atom stereocenters. The Morgan fingerprint density at radius 1 is 1.33 bits per heavy atom. The molecule has 4 nitrogen and oxygen atoms in total. The molecule has 4 rings (SSSR count). The van der Waals surface area contributed by atoms with Crippen molar-refractivity contribution in [2.75, 3.05) is 31.7 Å². The van der Waals surface area contributed by atoms with E-state index in [0.717, 1.165) is 56.7 Å². The Bertz CT molecular complexity index is 525. The van der Waals surface area contributed by atoms with Gasteiger partial charge >= 0.3 is 0 Å². The number of aliphatic hydroxyl groups excluding tert-OH is 1. The summed E-state index contributed by atoms with van der Waals surface area (Å²) in [5.74, 6) is 0.259. The summed E-state index contributed by atoms with van der Waals surface area (Å²) in [7, 11) is 0. The summed E-state index contributed by atoms with van der Waals surface area (Å²) in [6, 6.07) is 6.29. The molecule has 0 saturated carbocycles. The van der Waals surface area contributed by atoms with Crippen molar-refractivity contribution in [2.45, 2.75) is 37.4 Å². The predicted molar refractivity (Wildman–Crippen MR) is 80.4 cm³/mol. The number of hydrogen-bond donors (Lipinski definition) is 2. The molecule has 1 spiro atoms. The fourth-order valence-electron chi connectivity index (χ4n) is 4.06.